The quantitative estimate of drug-likeness (QED) is 0.464. The Kier molecular flexibility index (Phi) is 1.58. The summed E-state index contributed by atoms with van der Waals surface area (Å²) in [6.07, 6.45) is 0.944. The maximum absolute atomic E-state index is 9.88. The van der Waals surface area contributed by atoms with Crippen LogP contribution >= 0.6 is 0 Å². The van der Waals surface area contributed by atoms with Gasteiger partial charge in [0.1, 0.15) is 6.04 Å². The molecule has 0 bridgehead atoms. The summed E-state index contributed by atoms with van der Waals surface area (Å²) in [6.45, 7) is 1.87. The monoisotopic (exact) mass is 114 g/mol. The molecule has 1 aliphatic heterocycles. The summed E-state index contributed by atoms with van der Waals surface area (Å²) in [6, 6.07) is 0.0694. The van der Waals surface area contributed by atoms with Crippen molar-refractivity contribution >= 4 is 0 Å². The zero-order chi connectivity index (χ0) is 5.98. The average molecular weight is 114 g/mol. The average Bonchev–Trinajstić information content (AvgIpc) is 2.14. The van der Waals surface area contributed by atoms with E-state index in [0.29, 0.717) is 0 Å². The van der Waals surface area contributed by atoms with E-state index >= 15 is 0 Å². The summed E-state index contributed by atoms with van der Waals surface area (Å²) in [5.74, 6) is 0. The molecule has 0 spiro atoms. The van der Waals surface area contributed by atoms with Crippen LogP contribution in [0.25, 0.3) is 0 Å². The van der Waals surface area contributed by atoms with Crippen molar-refractivity contribution < 1.29 is 0 Å². The van der Waals surface area contributed by atoms with Crippen molar-refractivity contribution in [2.75, 3.05) is 20.1 Å². The molecule has 0 aromatic carbocycles. The van der Waals surface area contributed by atoms with Gasteiger partial charge in [0.25, 0.3) is 0 Å². The minimum atomic E-state index is 0.0694. The molecule has 3 nitrogen and oxygen atoms in total. The molecule has 0 radical (unpaired) electrons. The van der Waals surface area contributed by atoms with Gasteiger partial charge in [-0.2, -0.15) is 4.91 Å². The normalized spacial score (nSPS) is 30.9. The molecule has 1 atom stereocenters. The molecule has 0 aliphatic carbocycles. The topological polar surface area (TPSA) is 32.7 Å². The highest BCUT2D eigenvalue weighted by Crippen LogP contribution is 2.08. The van der Waals surface area contributed by atoms with E-state index in [1.165, 1.54) is 0 Å². The molecular weight excluding hydrogens is 104 g/mol. The van der Waals surface area contributed by atoms with Crippen molar-refractivity contribution in [2.45, 2.75) is 12.5 Å². The second-order valence-corrected chi connectivity index (χ2v) is 2.31. The summed E-state index contributed by atoms with van der Waals surface area (Å²) in [5.41, 5.74) is 0. The van der Waals surface area contributed by atoms with Gasteiger partial charge in [-0.3, -0.25) is 0 Å². The molecule has 0 saturated carbocycles. The van der Waals surface area contributed by atoms with Gasteiger partial charge >= 0.3 is 0 Å². The summed E-state index contributed by atoms with van der Waals surface area (Å²) in [5, 5.41) is 2.95. The van der Waals surface area contributed by atoms with Gasteiger partial charge in [0.15, 0.2) is 0 Å². The molecule has 0 amide bonds. The van der Waals surface area contributed by atoms with Crippen LogP contribution in [-0.4, -0.2) is 31.1 Å². The Morgan fingerprint density at radius 1 is 1.75 bits per heavy atom. The van der Waals surface area contributed by atoms with Gasteiger partial charge in [0.2, 0.25) is 0 Å². The smallest absolute Gasteiger partial charge is 0.106 e. The van der Waals surface area contributed by atoms with Crippen LogP contribution in [0.5, 0.6) is 0 Å². The number of likely N-dealkylation sites (N-methyl/N-ethyl adjacent to an activating group) is 1. The third-order valence-electron chi connectivity index (χ3n) is 1.52. The van der Waals surface area contributed by atoms with Crippen LogP contribution in [-0.2, 0) is 0 Å². The number of nitrogens with zero attached hydrogens (tertiary/aromatic N) is 2. The number of hydrogen-bond donors (Lipinski definition) is 0. The Labute approximate surface area is 48.6 Å². The molecule has 0 aromatic heterocycles. The molecule has 1 heterocycles. The maximum Gasteiger partial charge on any atom is 0.106 e. The van der Waals surface area contributed by atoms with E-state index in [0.717, 1.165) is 19.5 Å². The van der Waals surface area contributed by atoms with Gasteiger partial charge in [-0.25, -0.2) is 0 Å². The standard InChI is InChI=1S/C5H10N2O/c1-7-3-2-5(4-7)6-8/h5H,2-4H2,1H3/t5-/m0/s1. The van der Waals surface area contributed by atoms with E-state index in [-0.39, 0.29) is 6.04 Å². The predicted octanol–water partition coefficient (Wildman–Crippen LogP) is 0.457. The van der Waals surface area contributed by atoms with Crippen molar-refractivity contribution in [1.82, 2.24) is 4.90 Å². The van der Waals surface area contributed by atoms with Gasteiger partial charge in [-0.05, 0) is 13.5 Å². The van der Waals surface area contributed by atoms with Gasteiger partial charge < -0.3 is 4.90 Å². The van der Waals surface area contributed by atoms with Crippen LogP contribution in [0.1, 0.15) is 6.42 Å². The maximum atomic E-state index is 9.88. The molecular formula is C5H10N2O. The third-order valence-corrected chi connectivity index (χ3v) is 1.52. The molecule has 0 aromatic rings. The van der Waals surface area contributed by atoms with Crippen LogP contribution in [0.15, 0.2) is 5.18 Å². The molecule has 1 fully saturated rings. The molecule has 8 heavy (non-hydrogen) atoms. The Morgan fingerprint density at radius 3 is 2.75 bits per heavy atom. The summed E-state index contributed by atoms with van der Waals surface area (Å²) in [7, 11) is 2.01. The molecule has 46 valence electrons. The van der Waals surface area contributed by atoms with Crippen LogP contribution in [0.2, 0.25) is 0 Å². The molecule has 0 unspecified atom stereocenters. The van der Waals surface area contributed by atoms with E-state index in [1.54, 1.807) is 0 Å². The van der Waals surface area contributed by atoms with Crippen LogP contribution in [0.4, 0.5) is 0 Å². The third kappa shape index (κ3) is 1.04. The fourth-order valence-corrected chi connectivity index (χ4v) is 0.998. The van der Waals surface area contributed by atoms with Crippen LogP contribution < -0.4 is 0 Å². The molecule has 1 aliphatic rings. The summed E-state index contributed by atoms with van der Waals surface area (Å²) < 4.78 is 0. The Balaban J connectivity index is 2.32. The fourth-order valence-electron chi connectivity index (χ4n) is 0.998. The molecule has 1 rings (SSSR count). The Bertz CT molecular complexity index is 94.4. The lowest BCUT2D eigenvalue weighted by Gasteiger charge is -2.02. The van der Waals surface area contributed by atoms with Crippen LogP contribution in [0, 0.1) is 4.91 Å². The van der Waals surface area contributed by atoms with Crippen molar-refractivity contribution in [3.05, 3.63) is 4.91 Å². The molecule has 3 heteroatoms. The summed E-state index contributed by atoms with van der Waals surface area (Å²) in [4.78, 5) is 12.0. The van der Waals surface area contributed by atoms with Crippen molar-refractivity contribution in [3.63, 3.8) is 0 Å². The molecule has 1 saturated heterocycles. The highest BCUT2D eigenvalue weighted by Gasteiger charge is 2.18. The van der Waals surface area contributed by atoms with Crippen molar-refractivity contribution in [2.24, 2.45) is 5.18 Å². The minimum absolute atomic E-state index is 0.0694. The number of rotatable bonds is 1. The number of likely N-dealkylation sites (tertiary alicyclic amines) is 1. The highest BCUT2D eigenvalue weighted by atomic mass is 16.3. The number of hydrogen-bond acceptors (Lipinski definition) is 3. The first-order chi connectivity index (χ1) is 3.83. The first kappa shape index (κ1) is 5.69. The van der Waals surface area contributed by atoms with E-state index in [1.807, 2.05) is 7.05 Å². The number of nitroso groups, excluding NO2 is 1. The van der Waals surface area contributed by atoms with E-state index in [2.05, 4.69) is 10.1 Å². The zero-order valence-corrected chi connectivity index (χ0v) is 5.00. The largest absolute Gasteiger partial charge is 0.304 e. The van der Waals surface area contributed by atoms with Gasteiger partial charge in [0.05, 0.1) is 0 Å². The van der Waals surface area contributed by atoms with E-state index < -0.39 is 0 Å². The van der Waals surface area contributed by atoms with Gasteiger partial charge in [-0.15, -0.1) is 0 Å². The lowest BCUT2D eigenvalue weighted by Crippen LogP contribution is -2.14. The highest BCUT2D eigenvalue weighted by molar-refractivity contribution is 4.77. The van der Waals surface area contributed by atoms with E-state index in [9.17, 15) is 4.91 Å². The second kappa shape index (κ2) is 2.22. The lowest BCUT2D eigenvalue weighted by atomic mass is 10.3. The lowest BCUT2D eigenvalue weighted by molar-refractivity contribution is 0.411. The fraction of sp³-hybridized carbons (Fsp3) is 1.00. The first-order valence-corrected chi connectivity index (χ1v) is 2.84. The van der Waals surface area contributed by atoms with E-state index in [4.69, 9.17) is 0 Å². The Hall–Kier alpha value is -0.440. The van der Waals surface area contributed by atoms with Crippen molar-refractivity contribution in [1.29, 1.82) is 0 Å². The molecule has 0 N–H and O–H groups in total. The van der Waals surface area contributed by atoms with Crippen LogP contribution in [0.3, 0.4) is 0 Å². The SMILES string of the molecule is CN1CC[C@H](N=O)C1. The first-order valence-electron chi connectivity index (χ1n) is 2.84. The summed E-state index contributed by atoms with van der Waals surface area (Å²) >= 11 is 0. The zero-order valence-electron chi connectivity index (χ0n) is 5.00. The van der Waals surface area contributed by atoms with Gasteiger partial charge in [0, 0.05) is 13.1 Å². The predicted molar refractivity (Wildman–Crippen MR) is 31.7 cm³/mol. The Morgan fingerprint density at radius 2 is 2.50 bits per heavy atom. The van der Waals surface area contributed by atoms with Crippen molar-refractivity contribution in [3.8, 4) is 0 Å². The second-order valence-electron chi connectivity index (χ2n) is 2.31. The van der Waals surface area contributed by atoms with Gasteiger partial charge in [-0.1, -0.05) is 5.18 Å². The minimum Gasteiger partial charge on any atom is -0.304 e.